The minimum absolute atomic E-state index is 0.0376. The van der Waals surface area contributed by atoms with E-state index in [0.29, 0.717) is 44.1 Å². The summed E-state index contributed by atoms with van der Waals surface area (Å²) in [6, 6.07) is 2.89. The van der Waals surface area contributed by atoms with Crippen molar-refractivity contribution >= 4 is 41.5 Å². The molecule has 0 spiro atoms. The Morgan fingerprint density at radius 3 is 1.85 bits per heavy atom. The van der Waals surface area contributed by atoms with Crippen LogP contribution in [0.2, 0.25) is 0 Å². The number of nitrogens with zero attached hydrogens (tertiary/aromatic N) is 3. The molecule has 0 aromatic heterocycles. The molecule has 0 heterocycles. The highest BCUT2D eigenvalue weighted by Crippen LogP contribution is 2.36. The van der Waals surface area contributed by atoms with Gasteiger partial charge in [0.05, 0.1) is 0 Å². The van der Waals surface area contributed by atoms with Crippen LogP contribution < -0.4 is 44.6 Å². The highest BCUT2D eigenvalue weighted by Gasteiger charge is 2.48. The maximum Gasteiger partial charge on any atom is 0.246 e. The van der Waals surface area contributed by atoms with Crippen molar-refractivity contribution in [1.29, 1.82) is 0 Å². The molecule has 14 N–H and O–H groups in total. The Balaban J connectivity index is 2.30. The van der Waals surface area contributed by atoms with E-state index in [4.69, 9.17) is 28.7 Å². The molecule has 1 aromatic carbocycles. The maximum absolute atomic E-state index is 14.1. The SMILES string of the molecule is CC(=O)N[C@@H](CCCN=C(N)N)C(=O)N(C)C1(C(=O)N[C@@H](CCCN=C(N)N)C(=O)N[C@@H](Cc2ccc(O)cc2)C(N)=O)CCCC1. The number of carbonyl (C=O) groups is 5. The standard InChI is InChI=1S/C30H49N11O6/c1-18(42)38-22(8-6-16-37-29(34)35)26(46)41(2)30(13-3-4-14-30)27(47)40-21(7-5-15-36-28(32)33)25(45)39-23(24(31)44)17-19-9-11-20(43)12-10-19/h9-12,21-23,43H,3-8,13-17H2,1-2H3,(H2,31,44)(H,38,42)(H,39,45)(H,40,47)(H4,32,33,36)(H4,34,35,37)/t21-,22-,23-/m0/s1. The average Bonchev–Trinajstić information content (AvgIpc) is 3.51. The van der Waals surface area contributed by atoms with Crippen molar-refractivity contribution in [2.75, 3.05) is 20.1 Å². The zero-order chi connectivity index (χ0) is 35.1. The summed E-state index contributed by atoms with van der Waals surface area (Å²) in [4.78, 5) is 74.9. The van der Waals surface area contributed by atoms with Crippen molar-refractivity contribution in [3.05, 3.63) is 29.8 Å². The molecule has 3 atom stereocenters. The van der Waals surface area contributed by atoms with Gasteiger partial charge in [0.1, 0.15) is 29.4 Å². The van der Waals surface area contributed by atoms with Crippen molar-refractivity contribution in [1.82, 2.24) is 20.9 Å². The van der Waals surface area contributed by atoms with Gasteiger partial charge in [-0.05, 0) is 56.2 Å². The molecule has 0 aliphatic heterocycles. The number of primary amides is 1. The van der Waals surface area contributed by atoms with E-state index in [1.807, 2.05) is 0 Å². The smallest absolute Gasteiger partial charge is 0.246 e. The molecule has 47 heavy (non-hydrogen) atoms. The Morgan fingerprint density at radius 1 is 0.830 bits per heavy atom. The first kappa shape index (κ1) is 38.1. The molecule has 2 rings (SSSR count). The lowest BCUT2D eigenvalue weighted by Gasteiger charge is -2.40. The van der Waals surface area contributed by atoms with Crippen molar-refractivity contribution in [3.8, 4) is 5.75 Å². The van der Waals surface area contributed by atoms with Crippen LogP contribution in [-0.4, -0.2) is 95.3 Å². The minimum Gasteiger partial charge on any atom is -0.508 e. The number of carbonyl (C=O) groups excluding carboxylic acids is 5. The van der Waals surface area contributed by atoms with Gasteiger partial charge >= 0.3 is 0 Å². The summed E-state index contributed by atoms with van der Waals surface area (Å²) in [6.07, 6.45) is 3.03. The van der Waals surface area contributed by atoms with Crippen LogP contribution in [-0.2, 0) is 30.4 Å². The Morgan fingerprint density at radius 2 is 1.36 bits per heavy atom. The van der Waals surface area contributed by atoms with E-state index in [-0.39, 0.29) is 50.0 Å². The van der Waals surface area contributed by atoms with Gasteiger partial charge in [-0.3, -0.25) is 34.0 Å². The fourth-order valence-electron chi connectivity index (χ4n) is 5.55. The molecule has 17 heteroatoms. The second kappa shape index (κ2) is 18.2. The number of guanidine groups is 2. The third-order valence-corrected chi connectivity index (χ3v) is 8.05. The molecule has 0 bridgehead atoms. The van der Waals surface area contributed by atoms with Crippen LogP contribution in [0.3, 0.4) is 0 Å². The average molecular weight is 660 g/mol. The first-order chi connectivity index (χ1) is 22.2. The van der Waals surface area contributed by atoms with Gasteiger partial charge in [-0.25, -0.2) is 0 Å². The van der Waals surface area contributed by atoms with Gasteiger partial charge in [-0.2, -0.15) is 0 Å². The van der Waals surface area contributed by atoms with E-state index in [0.717, 1.165) is 0 Å². The van der Waals surface area contributed by atoms with Crippen LogP contribution in [0.15, 0.2) is 34.3 Å². The fourth-order valence-corrected chi connectivity index (χ4v) is 5.55. The zero-order valence-corrected chi connectivity index (χ0v) is 27.0. The largest absolute Gasteiger partial charge is 0.508 e. The second-order valence-corrected chi connectivity index (χ2v) is 11.6. The summed E-state index contributed by atoms with van der Waals surface area (Å²) in [7, 11) is 1.51. The highest BCUT2D eigenvalue weighted by molar-refractivity contribution is 5.97. The first-order valence-electron chi connectivity index (χ1n) is 15.5. The predicted molar refractivity (Wildman–Crippen MR) is 176 cm³/mol. The third-order valence-electron chi connectivity index (χ3n) is 8.05. The zero-order valence-electron chi connectivity index (χ0n) is 27.0. The van der Waals surface area contributed by atoms with E-state index < -0.39 is 53.2 Å². The van der Waals surface area contributed by atoms with Crippen molar-refractivity contribution in [2.45, 2.75) is 88.4 Å². The number of hydrogen-bond donors (Lipinski definition) is 9. The number of benzene rings is 1. The Labute approximate surface area is 274 Å². The molecule has 17 nitrogen and oxygen atoms in total. The van der Waals surface area contributed by atoms with E-state index >= 15 is 0 Å². The molecule has 260 valence electrons. The van der Waals surface area contributed by atoms with Crippen LogP contribution in [0.5, 0.6) is 5.75 Å². The molecule has 5 amide bonds. The summed E-state index contributed by atoms with van der Waals surface area (Å²) < 4.78 is 0. The number of aliphatic imine (C=N–C) groups is 2. The minimum atomic E-state index is -1.30. The predicted octanol–water partition coefficient (Wildman–Crippen LogP) is -2.23. The van der Waals surface area contributed by atoms with Crippen LogP contribution in [0.1, 0.15) is 63.9 Å². The van der Waals surface area contributed by atoms with Crippen LogP contribution in [0, 0.1) is 0 Å². The number of likely N-dealkylation sites (N-methyl/N-ethyl adjacent to an activating group) is 1. The monoisotopic (exact) mass is 659 g/mol. The molecule has 0 saturated heterocycles. The van der Waals surface area contributed by atoms with Crippen molar-refractivity contribution < 1.29 is 29.1 Å². The maximum atomic E-state index is 14.1. The summed E-state index contributed by atoms with van der Waals surface area (Å²) in [5.41, 5.74) is 26.6. The van der Waals surface area contributed by atoms with Gasteiger partial charge in [0.2, 0.25) is 29.5 Å². The van der Waals surface area contributed by atoms with E-state index in [1.54, 1.807) is 12.1 Å². The lowest BCUT2D eigenvalue weighted by molar-refractivity contribution is -0.149. The normalized spacial score (nSPS) is 15.3. The second-order valence-electron chi connectivity index (χ2n) is 11.6. The number of hydrogen-bond acceptors (Lipinski definition) is 8. The van der Waals surface area contributed by atoms with Gasteiger partial charge < -0.3 is 54.6 Å². The molecule has 1 fully saturated rings. The van der Waals surface area contributed by atoms with E-state index in [2.05, 4.69) is 25.9 Å². The van der Waals surface area contributed by atoms with E-state index in [9.17, 15) is 29.1 Å². The summed E-state index contributed by atoms with van der Waals surface area (Å²) >= 11 is 0. The summed E-state index contributed by atoms with van der Waals surface area (Å²) in [6.45, 7) is 1.72. The number of nitrogens with one attached hydrogen (secondary N) is 3. The Kier molecular flexibility index (Phi) is 14.7. The lowest BCUT2D eigenvalue weighted by Crippen LogP contribution is -2.64. The summed E-state index contributed by atoms with van der Waals surface area (Å²) in [5.74, 6) is -3.09. The number of nitrogens with two attached hydrogens (primary N) is 5. The lowest BCUT2D eigenvalue weighted by atomic mass is 9.92. The van der Waals surface area contributed by atoms with E-state index in [1.165, 1.54) is 31.0 Å². The summed E-state index contributed by atoms with van der Waals surface area (Å²) in [5, 5.41) is 17.7. The molecule has 0 radical (unpaired) electrons. The van der Waals surface area contributed by atoms with Gasteiger partial charge in [-0.1, -0.05) is 25.0 Å². The van der Waals surface area contributed by atoms with Crippen molar-refractivity contribution in [3.63, 3.8) is 0 Å². The van der Waals surface area contributed by atoms with Crippen LogP contribution in [0.25, 0.3) is 0 Å². The molecular weight excluding hydrogens is 610 g/mol. The fraction of sp³-hybridized carbons (Fsp3) is 0.567. The van der Waals surface area contributed by atoms with Crippen molar-refractivity contribution in [2.24, 2.45) is 38.7 Å². The number of rotatable bonds is 18. The number of phenolic OH excluding ortho intramolecular Hbond substituents is 1. The van der Waals surface area contributed by atoms with Gasteiger partial charge in [-0.15, -0.1) is 0 Å². The molecule has 0 unspecified atom stereocenters. The molecule has 1 aliphatic rings. The van der Waals surface area contributed by atoms with Crippen LogP contribution in [0.4, 0.5) is 0 Å². The number of phenols is 1. The number of aromatic hydroxyl groups is 1. The Hall–Kier alpha value is -5.09. The number of amides is 5. The Bertz CT molecular complexity index is 1300. The quantitative estimate of drug-likeness (QED) is 0.0464. The highest BCUT2D eigenvalue weighted by atomic mass is 16.3. The molecular formula is C30H49N11O6. The van der Waals surface area contributed by atoms with Crippen LogP contribution >= 0.6 is 0 Å². The third kappa shape index (κ3) is 12.0. The molecule has 1 aliphatic carbocycles. The van der Waals surface area contributed by atoms with Gasteiger partial charge in [0, 0.05) is 33.5 Å². The van der Waals surface area contributed by atoms with Gasteiger partial charge in [0.15, 0.2) is 11.9 Å². The molecule has 1 saturated carbocycles. The molecule has 1 aromatic rings. The van der Waals surface area contributed by atoms with Gasteiger partial charge in [0.25, 0.3) is 0 Å². The first-order valence-corrected chi connectivity index (χ1v) is 15.5. The topological polar surface area (TPSA) is 300 Å².